The molecule has 4 nitrogen and oxygen atoms in total. The minimum atomic E-state index is -0.283. The molecule has 0 spiro atoms. The van der Waals surface area contributed by atoms with E-state index in [-0.39, 0.29) is 5.97 Å². The standard InChI is InChI=1S/C13H18N2O2/c16-13(11-4-3-7-14-10-11)17-9-6-12-5-1-2-8-15-12/h3-4,7,10,12,15H,1-2,5-6,8-9H2/t12-/m1/s1. The molecule has 1 aliphatic heterocycles. The summed E-state index contributed by atoms with van der Waals surface area (Å²) in [4.78, 5) is 15.5. The second-order valence-corrected chi connectivity index (χ2v) is 4.31. The summed E-state index contributed by atoms with van der Waals surface area (Å²) in [7, 11) is 0. The van der Waals surface area contributed by atoms with Crippen molar-refractivity contribution in [3.05, 3.63) is 30.1 Å². The molecule has 1 aliphatic rings. The molecular weight excluding hydrogens is 216 g/mol. The molecule has 0 unspecified atom stereocenters. The number of esters is 1. The SMILES string of the molecule is O=C(OCC[C@H]1CCCCN1)c1cccnc1. The Bertz CT molecular complexity index is 348. The summed E-state index contributed by atoms with van der Waals surface area (Å²) in [6.07, 6.45) is 7.78. The van der Waals surface area contributed by atoms with Gasteiger partial charge in [-0.1, -0.05) is 6.42 Å². The number of hydrogen-bond donors (Lipinski definition) is 1. The molecule has 0 aromatic carbocycles. The minimum absolute atomic E-state index is 0.283. The number of carbonyl (C=O) groups excluding carboxylic acids is 1. The molecule has 2 rings (SSSR count). The summed E-state index contributed by atoms with van der Waals surface area (Å²) in [6.45, 7) is 1.56. The van der Waals surface area contributed by atoms with Crippen LogP contribution >= 0.6 is 0 Å². The summed E-state index contributed by atoms with van der Waals surface area (Å²) < 4.78 is 5.21. The van der Waals surface area contributed by atoms with Crippen LogP contribution in [-0.2, 0) is 4.74 Å². The Kier molecular flexibility index (Phi) is 4.50. The molecule has 1 aromatic heterocycles. The molecule has 1 saturated heterocycles. The fraction of sp³-hybridized carbons (Fsp3) is 0.538. The number of nitrogens with zero attached hydrogens (tertiary/aromatic N) is 1. The molecule has 1 N–H and O–H groups in total. The van der Waals surface area contributed by atoms with E-state index < -0.39 is 0 Å². The first-order chi connectivity index (χ1) is 8.36. The van der Waals surface area contributed by atoms with E-state index in [1.54, 1.807) is 18.3 Å². The highest BCUT2D eigenvalue weighted by Crippen LogP contribution is 2.10. The lowest BCUT2D eigenvalue weighted by Crippen LogP contribution is -2.35. The molecule has 17 heavy (non-hydrogen) atoms. The number of pyridine rings is 1. The summed E-state index contributed by atoms with van der Waals surface area (Å²) in [5.74, 6) is -0.283. The topological polar surface area (TPSA) is 51.2 Å². The molecule has 0 bridgehead atoms. The maximum Gasteiger partial charge on any atom is 0.339 e. The Morgan fingerprint density at radius 1 is 1.53 bits per heavy atom. The van der Waals surface area contributed by atoms with Crippen molar-refractivity contribution < 1.29 is 9.53 Å². The quantitative estimate of drug-likeness (QED) is 0.807. The number of nitrogens with one attached hydrogen (secondary N) is 1. The van der Waals surface area contributed by atoms with E-state index in [0.717, 1.165) is 13.0 Å². The predicted octanol–water partition coefficient (Wildman–Crippen LogP) is 1.77. The highest BCUT2D eigenvalue weighted by Gasteiger charge is 2.13. The summed E-state index contributed by atoms with van der Waals surface area (Å²) in [5.41, 5.74) is 0.518. The molecule has 1 aromatic rings. The van der Waals surface area contributed by atoms with Crippen LogP contribution in [0.3, 0.4) is 0 Å². The smallest absolute Gasteiger partial charge is 0.339 e. The van der Waals surface area contributed by atoms with Crippen LogP contribution in [0.4, 0.5) is 0 Å². The first-order valence-electron chi connectivity index (χ1n) is 6.17. The average molecular weight is 234 g/mol. The van der Waals surface area contributed by atoms with Gasteiger partial charge in [-0.15, -0.1) is 0 Å². The third kappa shape index (κ3) is 3.82. The number of hydrogen-bond acceptors (Lipinski definition) is 4. The lowest BCUT2D eigenvalue weighted by molar-refractivity contribution is 0.0485. The van der Waals surface area contributed by atoms with Gasteiger partial charge in [0.05, 0.1) is 12.2 Å². The average Bonchev–Trinajstić information content (AvgIpc) is 2.41. The third-order valence-electron chi connectivity index (χ3n) is 3.01. The Balaban J connectivity index is 1.69. The van der Waals surface area contributed by atoms with Gasteiger partial charge in [-0.2, -0.15) is 0 Å². The zero-order chi connectivity index (χ0) is 11.9. The van der Waals surface area contributed by atoms with Crippen LogP contribution < -0.4 is 5.32 Å². The molecule has 2 heterocycles. The van der Waals surface area contributed by atoms with Crippen LogP contribution in [0.2, 0.25) is 0 Å². The van der Waals surface area contributed by atoms with Crippen LogP contribution in [-0.4, -0.2) is 30.1 Å². The van der Waals surface area contributed by atoms with Crippen LogP contribution in [0.15, 0.2) is 24.5 Å². The molecular formula is C13H18N2O2. The van der Waals surface area contributed by atoms with Crippen LogP contribution in [0, 0.1) is 0 Å². The van der Waals surface area contributed by atoms with Crippen molar-refractivity contribution in [1.82, 2.24) is 10.3 Å². The monoisotopic (exact) mass is 234 g/mol. The van der Waals surface area contributed by atoms with Crippen LogP contribution in [0.1, 0.15) is 36.0 Å². The van der Waals surface area contributed by atoms with Gasteiger partial charge in [0, 0.05) is 18.4 Å². The lowest BCUT2D eigenvalue weighted by atomic mass is 10.0. The van der Waals surface area contributed by atoms with Gasteiger partial charge in [-0.25, -0.2) is 4.79 Å². The van der Waals surface area contributed by atoms with E-state index in [1.165, 1.54) is 25.5 Å². The Morgan fingerprint density at radius 2 is 2.47 bits per heavy atom. The molecule has 1 atom stereocenters. The van der Waals surface area contributed by atoms with Gasteiger partial charge in [0.25, 0.3) is 0 Å². The van der Waals surface area contributed by atoms with Gasteiger partial charge in [0.1, 0.15) is 0 Å². The molecule has 0 amide bonds. The number of piperidine rings is 1. The second-order valence-electron chi connectivity index (χ2n) is 4.31. The van der Waals surface area contributed by atoms with E-state index in [1.807, 2.05) is 0 Å². The normalized spacial score (nSPS) is 19.9. The maximum atomic E-state index is 11.6. The zero-order valence-electron chi connectivity index (χ0n) is 9.89. The Labute approximate surface area is 101 Å². The summed E-state index contributed by atoms with van der Waals surface area (Å²) in [6, 6.07) is 3.96. The fourth-order valence-corrected chi connectivity index (χ4v) is 2.03. The van der Waals surface area contributed by atoms with Gasteiger partial charge in [-0.05, 0) is 37.9 Å². The van der Waals surface area contributed by atoms with Gasteiger partial charge in [0.15, 0.2) is 0 Å². The molecule has 4 heteroatoms. The predicted molar refractivity (Wildman–Crippen MR) is 64.8 cm³/mol. The summed E-state index contributed by atoms with van der Waals surface area (Å²) >= 11 is 0. The first-order valence-corrected chi connectivity index (χ1v) is 6.17. The number of rotatable bonds is 4. The number of ether oxygens (including phenoxy) is 1. The molecule has 92 valence electrons. The van der Waals surface area contributed by atoms with Crippen LogP contribution in [0.5, 0.6) is 0 Å². The minimum Gasteiger partial charge on any atom is -0.462 e. The number of carbonyl (C=O) groups is 1. The largest absolute Gasteiger partial charge is 0.462 e. The van der Waals surface area contributed by atoms with Crippen molar-refractivity contribution in [2.75, 3.05) is 13.2 Å². The number of aromatic nitrogens is 1. The Hall–Kier alpha value is -1.42. The molecule has 0 saturated carbocycles. The van der Waals surface area contributed by atoms with Crippen molar-refractivity contribution >= 4 is 5.97 Å². The zero-order valence-corrected chi connectivity index (χ0v) is 9.89. The van der Waals surface area contributed by atoms with Crippen molar-refractivity contribution in [1.29, 1.82) is 0 Å². The van der Waals surface area contributed by atoms with Crippen molar-refractivity contribution in [3.63, 3.8) is 0 Å². The third-order valence-corrected chi connectivity index (χ3v) is 3.01. The van der Waals surface area contributed by atoms with Crippen molar-refractivity contribution in [2.45, 2.75) is 31.7 Å². The van der Waals surface area contributed by atoms with E-state index in [2.05, 4.69) is 10.3 Å². The van der Waals surface area contributed by atoms with Gasteiger partial charge in [0.2, 0.25) is 0 Å². The van der Waals surface area contributed by atoms with E-state index in [4.69, 9.17) is 4.74 Å². The lowest BCUT2D eigenvalue weighted by Gasteiger charge is -2.23. The summed E-state index contributed by atoms with van der Waals surface area (Å²) in [5, 5.41) is 3.43. The second kappa shape index (κ2) is 6.35. The van der Waals surface area contributed by atoms with Gasteiger partial charge in [-0.3, -0.25) is 4.98 Å². The van der Waals surface area contributed by atoms with Crippen molar-refractivity contribution in [3.8, 4) is 0 Å². The highest BCUT2D eigenvalue weighted by atomic mass is 16.5. The Morgan fingerprint density at radius 3 is 3.18 bits per heavy atom. The maximum absolute atomic E-state index is 11.6. The van der Waals surface area contributed by atoms with E-state index in [0.29, 0.717) is 18.2 Å². The fourth-order valence-electron chi connectivity index (χ4n) is 2.03. The van der Waals surface area contributed by atoms with Gasteiger partial charge >= 0.3 is 5.97 Å². The van der Waals surface area contributed by atoms with E-state index >= 15 is 0 Å². The van der Waals surface area contributed by atoms with E-state index in [9.17, 15) is 4.79 Å². The molecule has 0 aliphatic carbocycles. The van der Waals surface area contributed by atoms with Gasteiger partial charge < -0.3 is 10.1 Å². The van der Waals surface area contributed by atoms with Crippen LogP contribution in [0.25, 0.3) is 0 Å². The first kappa shape index (κ1) is 12.0. The molecule has 0 radical (unpaired) electrons. The highest BCUT2D eigenvalue weighted by molar-refractivity contribution is 5.88. The van der Waals surface area contributed by atoms with Crippen molar-refractivity contribution in [2.24, 2.45) is 0 Å². The molecule has 1 fully saturated rings.